The molecule has 0 saturated heterocycles. The number of amidine groups is 1. The molecule has 1 heterocycles. The molecular formula is C3H8N4S2. The van der Waals surface area contributed by atoms with Crippen molar-refractivity contribution in [2.24, 2.45) is 10.8 Å². The first-order valence-corrected chi connectivity index (χ1v) is 3.98. The molecule has 0 unspecified atom stereocenters. The molecule has 9 heavy (non-hydrogen) atoms. The summed E-state index contributed by atoms with van der Waals surface area (Å²) < 4.78 is 1.79. The number of rotatable bonds is 1. The van der Waals surface area contributed by atoms with Crippen molar-refractivity contribution in [3.05, 3.63) is 0 Å². The molecule has 0 amide bonds. The minimum atomic E-state index is 0.560. The number of hydrogen-bond acceptors (Lipinski definition) is 5. The van der Waals surface area contributed by atoms with Gasteiger partial charge in [-0.3, -0.25) is 0 Å². The Bertz CT molecular complexity index is 136. The van der Waals surface area contributed by atoms with Gasteiger partial charge in [-0.25, -0.2) is 16.0 Å². The summed E-state index contributed by atoms with van der Waals surface area (Å²) in [5, 5.41) is 1.97. The second-order valence-corrected chi connectivity index (χ2v) is 2.67. The molecular weight excluding hydrogens is 156 g/mol. The van der Waals surface area contributed by atoms with Gasteiger partial charge in [-0.05, 0) is 6.26 Å². The first-order chi connectivity index (χ1) is 4.25. The van der Waals surface area contributed by atoms with E-state index in [1.165, 1.54) is 17.1 Å². The molecule has 0 spiro atoms. The van der Waals surface area contributed by atoms with Crippen LogP contribution in [-0.2, 0) is 0 Å². The Morgan fingerprint density at radius 1 is 1.89 bits per heavy atom. The lowest BCUT2D eigenvalue weighted by Crippen LogP contribution is -2.40. The first kappa shape index (κ1) is 7.20. The van der Waals surface area contributed by atoms with Crippen molar-refractivity contribution in [1.82, 2.24) is 9.53 Å². The van der Waals surface area contributed by atoms with Crippen molar-refractivity contribution in [3.63, 3.8) is 0 Å². The normalized spacial score (nSPS) is 20.8. The van der Waals surface area contributed by atoms with Crippen LogP contribution in [0.25, 0.3) is 0 Å². The van der Waals surface area contributed by atoms with E-state index in [1.54, 1.807) is 4.41 Å². The SMILES string of the molecule is CSN1CN=C(S)N1N. The second kappa shape index (κ2) is 2.78. The molecule has 6 heteroatoms. The Kier molecular flexibility index (Phi) is 2.23. The van der Waals surface area contributed by atoms with Crippen molar-refractivity contribution in [2.45, 2.75) is 0 Å². The van der Waals surface area contributed by atoms with Gasteiger partial charge in [0.1, 0.15) is 6.67 Å². The molecule has 0 aromatic carbocycles. The van der Waals surface area contributed by atoms with E-state index in [1.807, 2.05) is 6.26 Å². The molecule has 0 radical (unpaired) electrons. The molecule has 1 aliphatic rings. The van der Waals surface area contributed by atoms with E-state index in [0.29, 0.717) is 11.8 Å². The summed E-state index contributed by atoms with van der Waals surface area (Å²) in [6.45, 7) is 0.594. The van der Waals surface area contributed by atoms with Crippen LogP contribution in [0.3, 0.4) is 0 Å². The Labute approximate surface area is 63.6 Å². The second-order valence-electron chi connectivity index (χ2n) is 1.48. The maximum atomic E-state index is 5.46. The van der Waals surface area contributed by atoms with E-state index in [4.69, 9.17) is 5.84 Å². The van der Waals surface area contributed by atoms with Crippen LogP contribution in [-0.4, -0.2) is 27.6 Å². The van der Waals surface area contributed by atoms with Gasteiger partial charge in [-0.15, -0.1) is 17.0 Å². The fraction of sp³-hybridized carbons (Fsp3) is 0.667. The van der Waals surface area contributed by atoms with Gasteiger partial charge >= 0.3 is 0 Å². The zero-order chi connectivity index (χ0) is 6.85. The molecule has 0 aromatic heterocycles. The standard InChI is InChI=1S/C3H8N4S2/c1-9-6-2-5-3(8)7(6)4/h2,4H2,1H3,(H,5,8). The summed E-state index contributed by atoms with van der Waals surface area (Å²) in [6.07, 6.45) is 1.93. The summed E-state index contributed by atoms with van der Waals surface area (Å²) in [7, 11) is 0. The summed E-state index contributed by atoms with van der Waals surface area (Å²) in [5.41, 5.74) is 0. The fourth-order valence-electron chi connectivity index (χ4n) is 0.510. The van der Waals surface area contributed by atoms with E-state index < -0.39 is 0 Å². The summed E-state index contributed by atoms with van der Waals surface area (Å²) in [5.74, 6) is 5.46. The average Bonchev–Trinajstić information content (AvgIpc) is 2.15. The van der Waals surface area contributed by atoms with Crippen LogP contribution >= 0.6 is 24.6 Å². The number of nitrogens with zero attached hydrogens (tertiary/aromatic N) is 3. The van der Waals surface area contributed by atoms with E-state index in [0.717, 1.165) is 0 Å². The van der Waals surface area contributed by atoms with Gasteiger partial charge in [0.2, 0.25) is 0 Å². The van der Waals surface area contributed by atoms with Crippen LogP contribution in [0.4, 0.5) is 0 Å². The Hall–Kier alpha value is 0.0900. The highest BCUT2D eigenvalue weighted by molar-refractivity contribution is 7.97. The largest absolute Gasteiger partial charge is 0.242 e. The lowest BCUT2D eigenvalue weighted by molar-refractivity contribution is 0.204. The minimum Gasteiger partial charge on any atom is -0.242 e. The monoisotopic (exact) mass is 164 g/mol. The Morgan fingerprint density at radius 3 is 2.78 bits per heavy atom. The van der Waals surface area contributed by atoms with Gasteiger partial charge in [-0.2, -0.15) is 0 Å². The van der Waals surface area contributed by atoms with Crippen molar-refractivity contribution < 1.29 is 0 Å². The van der Waals surface area contributed by atoms with Crippen LogP contribution in [0.5, 0.6) is 0 Å². The highest BCUT2D eigenvalue weighted by Gasteiger charge is 2.18. The molecule has 0 aliphatic carbocycles. The minimum absolute atomic E-state index is 0.560. The van der Waals surface area contributed by atoms with Crippen LogP contribution < -0.4 is 5.84 Å². The quantitative estimate of drug-likeness (QED) is 0.323. The van der Waals surface area contributed by atoms with Crippen molar-refractivity contribution >= 4 is 29.7 Å². The van der Waals surface area contributed by atoms with Crippen molar-refractivity contribution in [3.8, 4) is 0 Å². The van der Waals surface area contributed by atoms with Gasteiger partial charge in [0.25, 0.3) is 0 Å². The van der Waals surface area contributed by atoms with Crippen molar-refractivity contribution in [1.29, 1.82) is 0 Å². The van der Waals surface area contributed by atoms with Crippen LogP contribution in [0, 0.1) is 0 Å². The molecule has 4 nitrogen and oxygen atoms in total. The molecule has 0 saturated carbocycles. The summed E-state index contributed by atoms with van der Waals surface area (Å²) in [4.78, 5) is 3.96. The van der Waals surface area contributed by atoms with Gasteiger partial charge in [-0.1, -0.05) is 11.9 Å². The number of aliphatic imine (C=N–C) groups is 1. The lowest BCUT2D eigenvalue weighted by atomic mass is 11.2. The third-order valence-corrected chi connectivity index (χ3v) is 2.05. The number of hydrogen-bond donors (Lipinski definition) is 2. The Balaban J connectivity index is 2.51. The molecule has 0 fully saturated rings. The van der Waals surface area contributed by atoms with Crippen LogP contribution in [0.1, 0.15) is 0 Å². The third-order valence-electron chi connectivity index (χ3n) is 0.989. The highest BCUT2D eigenvalue weighted by atomic mass is 32.2. The van der Waals surface area contributed by atoms with E-state index in [-0.39, 0.29) is 0 Å². The maximum Gasteiger partial charge on any atom is 0.188 e. The first-order valence-electron chi connectivity index (χ1n) is 2.35. The molecule has 0 atom stereocenters. The maximum absolute atomic E-state index is 5.46. The van der Waals surface area contributed by atoms with Crippen LogP contribution in [0.15, 0.2) is 4.99 Å². The Morgan fingerprint density at radius 2 is 2.56 bits per heavy atom. The fourth-order valence-corrected chi connectivity index (χ4v) is 1.17. The van der Waals surface area contributed by atoms with E-state index >= 15 is 0 Å². The number of nitrogens with two attached hydrogens (primary N) is 1. The topological polar surface area (TPSA) is 44.9 Å². The predicted molar refractivity (Wildman–Crippen MR) is 42.7 cm³/mol. The molecule has 2 N–H and O–H groups in total. The molecule has 0 bridgehead atoms. The smallest absolute Gasteiger partial charge is 0.188 e. The van der Waals surface area contributed by atoms with Gasteiger partial charge in [0.05, 0.1) is 0 Å². The van der Waals surface area contributed by atoms with Gasteiger partial charge in [0.15, 0.2) is 5.17 Å². The highest BCUT2D eigenvalue weighted by Crippen LogP contribution is 2.13. The van der Waals surface area contributed by atoms with Crippen molar-refractivity contribution in [2.75, 3.05) is 12.9 Å². The van der Waals surface area contributed by atoms with E-state index in [2.05, 4.69) is 17.6 Å². The molecule has 1 aliphatic heterocycles. The molecule has 52 valence electrons. The zero-order valence-electron chi connectivity index (χ0n) is 4.98. The number of thiol groups is 1. The average molecular weight is 164 g/mol. The zero-order valence-corrected chi connectivity index (χ0v) is 6.69. The number of hydrazine groups is 2. The lowest BCUT2D eigenvalue weighted by Gasteiger charge is -2.20. The molecule has 1 rings (SSSR count). The summed E-state index contributed by atoms with van der Waals surface area (Å²) >= 11 is 5.51. The van der Waals surface area contributed by atoms with Crippen LogP contribution in [0.2, 0.25) is 0 Å². The van der Waals surface area contributed by atoms with Gasteiger partial charge < -0.3 is 0 Å². The molecule has 0 aromatic rings. The predicted octanol–water partition coefficient (Wildman–Crippen LogP) is -0.0860. The summed E-state index contributed by atoms with van der Waals surface area (Å²) in [6, 6.07) is 0. The van der Waals surface area contributed by atoms with Gasteiger partial charge in [0, 0.05) is 0 Å². The third kappa shape index (κ3) is 1.32. The van der Waals surface area contributed by atoms with E-state index in [9.17, 15) is 0 Å².